The number of hydrogen-bond donors (Lipinski definition) is 3. The average molecular weight is 182 g/mol. The lowest BCUT2D eigenvalue weighted by molar-refractivity contribution is -0.140. The zero-order chi connectivity index (χ0) is 10.1. The highest BCUT2D eigenvalue weighted by atomic mass is 16.4. The van der Waals surface area contributed by atoms with E-state index in [1.807, 2.05) is 19.9 Å². The van der Waals surface area contributed by atoms with Gasteiger partial charge in [0, 0.05) is 17.8 Å². The fourth-order valence-corrected chi connectivity index (χ4v) is 1.21. The lowest BCUT2D eigenvalue weighted by Crippen LogP contribution is -2.46. The molecular weight excluding hydrogens is 168 g/mol. The topological polar surface area (TPSA) is 79.1 Å². The Balaban J connectivity index is 2.95. The van der Waals surface area contributed by atoms with E-state index in [0.717, 1.165) is 5.56 Å². The van der Waals surface area contributed by atoms with Crippen LogP contribution in [0, 0.1) is 0 Å². The molecule has 0 saturated carbocycles. The zero-order valence-electron chi connectivity index (χ0n) is 7.74. The van der Waals surface area contributed by atoms with Gasteiger partial charge in [-0.3, -0.25) is 4.79 Å². The maximum absolute atomic E-state index is 10.7. The van der Waals surface area contributed by atoms with Gasteiger partial charge in [-0.15, -0.1) is 0 Å². The Hall–Kier alpha value is -1.29. The van der Waals surface area contributed by atoms with Crippen LogP contribution in [0.5, 0.6) is 0 Å². The molecule has 1 aromatic rings. The first kappa shape index (κ1) is 9.80. The summed E-state index contributed by atoms with van der Waals surface area (Å²) < 4.78 is 0. The van der Waals surface area contributed by atoms with Crippen LogP contribution in [0.2, 0.25) is 0 Å². The van der Waals surface area contributed by atoms with E-state index in [2.05, 4.69) is 4.98 Å². The van der Waals surface area contributed by atoms with Crippen molar-refractivity contribution in [3.8, 4) is 0 Å². The van der Waals surface area contributed by atoms with Crippen molar-refractivity contribution in [2.45, 2.75) is 25.3 Å². The van der Waals surface area contributed by atoms with E-state index in [-0.39, 0.29) is 0 Å². The molecule has 1 unspecified atom stereocenters. The molecule has 0 amide bonds. The van der Waals surface area contributed by atoms with Crippen molar-refractivity contribution in [3.05, 3.63) is 24.0 Å². The van der Waals surface area contributed by atoms with Gasteiger partial charge in [-0.25, -0.2) is 0 Å². The number of rotatable bonds is 3. The highest BCUT2D eigenvalue weighted by Crippen LogP contribution is 2.25. The van der Waals surface area contributed by atoms with Gasteiger partial charge < -0.3 is 15.8 Å². The van der Waals surface area contributed by atoms with Gasteiger partial charge in [-0.1, -0.05) is 13.8 Å². The Morgan fingerprint density at radius 3 is 2.69 bits per heavy atom. The Morgan fingerprint density at radius 1 is 1.69 bits per heavy atom. The van der Waals surface area contributed by atoms with Crippen molar-refractivity contribution in [3.63, 3.8) is 0 Å². The SMILES string of the molecule is CC(C)(c1cc[nH]c1)C(N)C(=O)O. The fourth-order valence-electron chi connectivity index (χ4n) is 1.21. The van der Waals surface area contributed by atoms with E-state index >= 15 is 0 Å². The Labute approximate surface area is 76.8 Å². The minimum Gasteiger partial charge on any atom is -0.480 e. The van der Waals surface area contributed by atoms with Gasteiger partial charge in [0.15, 0.2) is 0 Å². The maximum atomic E-state index is 10.7. The average Bonchev–Trinajstić information content (AvgIpc) is 2.54. The number of aromatic amines is 1. The zero-order valence-corrected chi connectivity index (χ0v) is 7.74. The Bertz CT molecular complexity index is 291. The number of hydrogen-bond acceptors (Lipinski definition) is 2. The van der Waals surface area contributed by atoms with Crippen molar-refractivity contribution >= 4 is 5.97 Å². The molecule has 4 N–H and O–H groups in total. The van der Waals surface area contributed by atoms with Crippen molar-refractivity contribution in [2.24, 2.45) is 5.73 Å². The standard InChI is InChI=1S/C9H14N2O2/c1-9(2,7(10)8(12)13)6-3-4-11-5-6/h3-5,7,11H,10H2,1-2H3,(H,12,13). The summed E-state index contributed by atoms with van der Waals surface area (Å²) in [4.78, 5) is 13.6. The normalized spacial score (nSPS) is 14.1. The van der Waals surface area contributed by atoms with Crippen LogP contribution in [0.25, 0.3) is 0 Å². The minimum atomic E-state index is -0.980. The van der Waals surface area contributed by atoms with Crippen LogP contribution in [0.4, 0.5) is 0 Å². The number of carbonyl (C=O) groups is 1. The first-order valence-corrected chi connectivity index (χ1v) is 4.08. The minimum absolute atomic E-state index is 0.550. The van der Waals surface area contributed by atoms with Crippen LogP contribution in [0.1, 0.15) is 19.4 Å². The van der Waals surface area contributed by atoms with Gasteiger partial charge in [-0.2, -0.15) is 0 Å². The molecule has 0 radical (unpaired) electrons. The first-order chi connectivity index (χ1) is 5.96. The molecule has 1 rings (SSSR count). The molecule has 0 bridgehead atoms. The number of H-pyrrole nitrogens is 1. The Morgan fingerprint density at radius 2 is 2.31 bits per heavy atom. The number of aliphatic carboxylic acids is 1. The number of carboxylic acid groups (broad SMARTS) is 1. The van der Waals surface area contributed by atoms with Gasteiger partial charge in [-0.05, 0) is 11.6 Å². The van der Waals surface area contributed by atoms with Crippen molar-refractivity contribution in [2.75, 3.05) is 0 Å². The van der Waals surface area contributed by atoms with Crippen molar-refractivity contribution in [1.82, 2.24) is 4.98 Å². The van der Waals surface area contributed by atoms with E-state index in [1.165, 1.54) is 0 Å². The summed E-state index contributed by atoms with van der Waals surface area (Å²) in [7, 11) is 0. The molecule has 0 aliphatic rings. The lowest BCUT2D eigenvalue weighted by Gasteiger charge is -2.27. The molecule has 4 heteroatoms. The molecule has 0 fully saturated rings. The summed E-state index contributed by atoms with van der Waals surface area (Å²) in [6.45, 7) is 3.63. The third kappa shape index (κ3) is 1.72. The Kier molecular flexibility index (Phi) is 2.43. The van der Waals surface area contributed by atoms with E-state index < -0.39 is 17.4 Å². The largest absolute Gasteiger partial charge is 0.480 e. The number of nitrogens with two attached hydrogens (primary N) is 1. The van der Waals surface area contributed by atoms with Crippen molar-refractivity contribution < 1.29 is 9.90 Å². The molecule has 72 valence electrons. The quantitative estimate of drug-likeness (QED) is 0.644. The smallest absolute Gasteiger partial charge is 0.321 e. The van der Waals surface area contributed by atoms with Crippen LogP contribution in [0.3, 0.4) is 0 Å². The molecule has 1 aromatic heterocycles. The molecule has 0 aliphatic heterocycles. The van der Waals surface area contributed by atoms with E-state index in [0.29, 0.717) is 0 Å². The first-order valence-electron chi connectivity index (χ1n) is 4.08. The van der Waals surface area contributed by atoms with E-state index in [1.54, 1.807) is 12.4 Å². The second-order valence-electron chi connectivity index (χ2n) is 3.64. The van der Waals surface area contributed by atoms with Gasteiger partial charge in [0.05, 0.1) is 0 Å². The molecule has 1 atom stereocenters. The van der Waals surface area contributed by atoms with Gasteiger partial charge in [0.25, 0.3) is 0 Å². The summed E-state index contributed by atoms with van der Waals surface area (Å²) in [5.41, 5.74) is 5.93. The van der Waals surface area contributed by atoms with E-state index in [9.17, 15) is 4.79 Å². The van der Waals surface area contributed by atoms with Crippen LogP contribution in [0.15, 0.2) is 18.5 Å². The van der Waals surface area contributed by atoms with Crippen molar-refractivity contribution in [1.29, 1.82) is 0 Å². The number of carboxylic acids is 1. The second-order valence-corrected chi connectivity index (χ2v) is 3.64. The predicted molar refractivity (Wildman–Crippen MR) is 49.4 cm³/mol. The summed E-state index contributed by atoms with van der Waals surface area (Å²) in [6.07, 6.45) is 3.52. The maximum Gasteiger partial charge on any atom is 0.321 e. The monoisotopic (exact) mass is 182 g/mol. The summed E-state index contributed by atoms with van der Waals surface area (Å²) in [6, 6.07) is 0.950. The van der Waals surface area contributed by atoms with Gasteiger partial charge >= 0.3 is 5.97 Å². The fraction of sp³-hybridized carbons (Fsp3) is 0.444. The predicted octanol–water partition coefficient (Wildman–Crippen LogP) is 0.704. The van der Waals surface area contributed by atoms with Crippen LogP contribution < -0.4 is 5.73 Å². The molecule has 13 heavy (non-hydrogen) atoms. The summed E-state index contributed by atoms with van der Waals surface area (Å²) in [5, 5.41) is 8.78. The molecule has 0 aromatic carbocycles. The molecule has 4 nitrogen and oxygen atoms in total. The highest BCUT2D eigenvalue weighted by Gasteiger charge is 2.33. The third-order valence-corrected chi connectivity index (χ3v) is 2.39. The summed E-state index contributed by atoms with van der Waals surface area (Å²) >= 11 is 0. The molecule has 1 heterocycles. The third-order valence-electron chi connectivity index (χ3n) is 2.39. The summed E-state index contributed by atoms with van der Waals surface area (Å²) in [5.74, 6) is -0.980. The number of nitrogens with one attached hydrogen (secondary N) is 1. The number of aromatic nitrogens is 1. The van der Waals surface area contributed by atoms with E-state index in [4.69, 9.17) is 10.8 Å². The van der Waals surface area contributed by atoms with Gasteiger partial charge in [0.2, 0.25) is 0 Å². The van der Waals surface area contributed by atoms with Gasteiger partial charge in [0.1, 0.15) is 6.04 Å². The second kappa shape index (κ2) is 3.22. The van der Waals surface area contributed by atoms with Crippen LogP contribution in [-0.4, -0.2) is 22.1 Å². The lowest BCUT2D eigenvalue weighted by atomic mass is 9.79. The molecule has 0 saturated heterocycles. The van der Waals surface area contributed by atoms with Crippen LogP contribution >= 0.6 is 0 Å². The molecule has 0 spiro atoms. The molecular formula is C9H14N2O2. The molecule has 0 aliphatic carbocycles. The van der Waals surface area contributed by atoms with Crippen LogP contribution in [-0.2, 0) is 10.2 Å². The highest BCUT2D eigenvalue weighted by molar-refractivity contribution is 5.75.